The molecular formula is C10H24N2O2. The zero-order chi connectivity index (χ0) is 11.0. The van der Waals surface area contributed by atoms with Crippen molar-refractivity contribution in [2.45, 2.75) is 38.9 Å². The van der Waals surface area contributed by atoms with Crippen LogP contribution in [-0.2, 0) is 4.74 Å². The second-order valence-corrected chi connectivity index (χ2v) is 4.42. The molecule has 0 fully saturated rings. The van der Waals surface area contributed by atoms with Crippen molar-refractivity contribution in [2.24, 2.45) is 5.73 Å². The number of nitrogens with one attached hydrogen (secondary N) is 1. The van der Waals surface area contributed by atoms with Gasteiger partial charge in [-0.05, 0) is 40.3 Å². The normalized spacial score (nSPS) is 14.4. The van der Waals surface area contributed by atoms with E-state index in [-0.39, 0.29) is 5.60 Å². The van der Waals surface area contributed by atoms with Crippen molar-refractivity contribution in [3.63, 3.8) is 0 Å². The van der Waals surface area contributed by atoms with E-state index in [1.54, 1.807) is 0 Å². The summed E-state index contributed by atoms with van der Waals surface area (Å²) in [5.41, 5.74) is 5.15. The van der Waals surface area contributed by atoms with Crippen LogP contribution in [0.25, 0.3) is 0 Å². The highest BCUT2D eigenvalue weighted by Crippen LogP contribution is 2.06. The predicted octanol–water partition coefficient (Wildman–Crippen LogP) is 0.101. The molecule has 0 saturated heterocycles. The van der Waals surface area contributed by atoms with Crippen LogP contribution in [0.4, 0.5) is 0 Å². The second-order valence-electron chi connectivity index (χ2n) is 4.42. The van der Waals surface area contributed by atoms with E-state index in [0.717, 1.165) is 13.0 Å². The van der Waals surface area contributed by atoms with Crippen LogP contribution in [0.3, 0.4) is 0 Å². The number of ether oxygens (including phenoxy) is 1. The Morgan fingerprint density at radius 3 is 2.57 bits per heavy atom. The maximum absolute atomic E-state index is 9.49. The SMILES string of the molecule is CC(C)(C)OCC(O)CNCCCN. The third kappa shape index (κ3) is 9.92. The molecule has 0 spiro atoms. The van der Waals surface area contributed by atoms with E-state index >= 15 is 0 Å². The highest BCUT2D eigenvalue weighted by atomic mass is 16.5. The van der Waals surface area contributed by atoms with Crippen molar-refractivity contribution in [3.8, 4) is 0 Å². The molecule has 0 aromatic rings. The summed E-state index contributed by atoms with van der Waals surface area (Å²) in [5, 5.41) is 12.6. The largest absolute Gasteiger partial charge is 0.389 e. The van der Waals surface area contributed by atoms with Crippen LogP contribution in [0.2, 0.25) is 0 Å². The first-order chi connectivity index (χ1) is 6.45. The lowest BCUT2D eigenvalue weighted by molar-refractivity contribution is -0.0478. The molecule has 1 unspecified atom stereocenters. The Kier molecular flexibility index (Phi) is 7.09. The van der Waals surface area contributed by atoms with Crippen molar-refractivity contribution < 1.29 is 9.84 Å². The van der Waals surface area contributed by atoms with Crippen molar-refractivity contribution in [1.82, 2.24) is 5.32 Å². The molecule has 0 aromatic heterocycles. The van der Waals surface area contributed by atoms with E-state index in [1.165, 1.54) is 0 Å². The predicted molar refractivity (Wildman–Crippen MR) is 58.3 cm³/mol. The maximum atomic E-state index is 9.49. The lowest BCUT2D eigenvalue weighted by atomic mass is 10.2. The maximum Gasteiger partial charge on any atom is 0.0897 e. The molecule has 0 aliphatic carbocycles. The summed E-state index contributed by atoms with van der Waals surface area (Å²) in [6, 6.07) is 0. The first-order valence-electron chi connectivity index (χ1n) is 5.18. The Bertz CT molecular complexity index is 135. The Balaban J connectivity index is 3.32. The smallest absolute Gasteiger partial charge is 0.0897 e. The summed E-state index contributed by atoms with van der Waals surface area (Å²) in [4.78, 5) is 0. The van der Waals surface area contributed by atoms with Crippen molar-refractivity contribution in [1.29, 1.82) is 0 Å². The molecule has 0 heterocycles. The minimum Gasteiger partial charge on any atom is -0.389 e. The zero-order valence-corrected chi connectivity index (χ0v) is 9.55. The fourth-order valence-corrected chi connectivity index (χ4v) is 0.901. The zero-order valence-electron chi connectivity index (χ0n) is 9.55. The average molecular weight is 204 g/mol. The molecule has 0 aliphatic heterocycles. The highest BCUT2D eigenvalue weighted by Gasteiger charge is 2.12. The number of aliphatic hydroxyl groups excluding tert-OH is 1. The Hall–Kier alpha value is -0.160. The second kappa shape index (κ2) is 7.17. The molecular weight excluding hydrogens is 180 g/mol. The van der Waals surface area contributed by atoms with Gasteiger partial charge in [-0.15, -0.1) is 0 Å². The van der Waals surface area contributed by atoms with Crippen LogP contribution in [0, 0.1) is 0 Å². The lowest BCUT2D eigenvalue weighted by Gasteiger charge is -2.22. The Morgan fingerprint density at radius 1 is 1.43 bits per heavy atom. The monoisotopic (exact) mass is 204 g/mol. The molecule has 0 amide bonds. The van der Waals surface area contributed by atoms with Gasteiger partial charge in [-0.3, -0.25) is 0 Å². The standard InChI is InChI=1S/C10H24N2O2/c1-10(2,3)14-8-9(13)7-12-6-4-5-11/h9,12-13H,4-8,11H2,1-3H3. The molecule has 0 bridgehead atoms. The molecule has 0 rings (SSSR count). The summed E-state index contributed by atoms with van der Waals surface area (Å²) in [6.07, 6.45) is 0.499. The van der Waals surface area contributed by atoms with Gasteiger partial charge in [-0.1, -0.05) is 0 Å². The molecule has 14 heavy (non-hydrogen) atoms. The van der Waals surface area contributed by atoms with Gasteiger partial charge in [0.05, 0.1) is 18.3 Å². The molecule has 86 valence electrons. The molecule has 4 N–H and O–H groups in total. The van der Waals surface area contributed by atoms with Crippen molar-refractivity contribution in [3.05, 3.63) is 0 Å². The van der Waals surface area contributed by atoms with Crippen LogP contribution in [0.1, 0.15) is 27.2 Å². The molecule has 0 radical (unpaired) electrons. The highest BCUT2D eigenvalue weighted by molar-refractivity contribution is 4.64. The van der Waals surface area contributed by atoms with Gasteiger partial charge in [-0.2, -0.15) is 0 Å². The van der Waals surface area contributed by atoms with E-state index in [0.29, 0.717) is 19.7 Å². The lowest BCUT2D eigenvalue weighted by Crippen LogP contribution is -2.34. The van der Waals surface area contributed by atoms with Crippen LogP contribution < -0.4 is 11.1 Å². The van der Waals surface area contributed by atoms with E-state index in [1.807, 2.05) is 20.8 Å². The van der Waals surface area contributed by atoms with E-state index in [2.05, 4.69) is 5.32 Å². The third-order valence-corrected chi connectivity index (χ3v) is 1.65. The van der Waals surface area contributed by atoms with Gasteiger partial charge in [0.15, 0.2) is 0 Å². The van der Waals surface area contributed by atoms with Crippen LogP contribution in [0.5, 0.6) is 0 Å². The van der Waals surface area contributed by atoms with Crippen molar-refractivity contribution in [2.75, 3.05) is 26.2 Å². The topological polar surface area (TPSA) is 67.5 Å². The quantitative estimate of drug-likeness (QED) is 0.515. The fourth-order valence-electron chi connectivity index (χ4n) is 0.901. The van der Waals surface area contributed by atoms with Gasteiger partial charge < -0.3 is 20.9 Å². The first kappa shape index (κ1) is 13.8. The van der Waals surface area contributed by atoms with Gasteiger partial charge in [0.25, 0.3) is 0 Å². The number of hydrogen-bond donors (Lipinski definition) is 3. The summed E-state index contributed by atoms with van der Waals surface area (Å²) in [6.45, 7) is 8.39. The van der Waals surface area contributed by atoms with E-state index in [4.69, 9.17) is 10.5 Å². The minimum absolute atomic E-state index is 0.182. The van der Waals surface area contributed by atoms with E-state index in [9.17, 15) is 5.11 Å². The molecule has 0 aliphatic rings. The minimum atomic E-state index is -0.438. The van der Waals surface area contributed by atoms with Gasteiger partial charge in [-0.25, -0.2) is 0 Å². The molecule has 4 nitrogen and oxygen atoms in total. The third-order valence-electron chi connectivity index (χ3n) is 1.65. The Labute approximate surface area is 86.8 Å². The van der Waals surface area contributed by atoms with Crippen LogP contribution >= 0.6 is 0 Å². The molecule has 0 saturated carbocycles. The summed E-state index contributed by atoms with van der Waals surface area (Å²) >= 11 is 0. The van der Waals surface area contributed by atoms with Gasteiger partial charge in [0.1, 0.15) is 0 Å². The fraction of sp³-hybridized carbons (Fsp3) is 1.00. The first-order valence-corrected chi connectivity index (χ1v) is 5.18. The summed E-state index contributed by atoms with van der Waals surface area (Å²) in [7, 11) is 0. The van der Waals surface area contributed by atoms with Gasteiger partial charge >= 0.3 is 0 Å². The number of hydrogen-bond acceptors (Lipinski definition) is 4. The van der Waals surface area contributed by atoms with Gasteiger partial charge in [0, 0.05) is 6.54 Å². The van der Waals surface area contributed by atoms with Gasteiger partial charge in [0.2, 0.25) is 0 Å². The Morgan fingerprint density at radius 2 is 2.07 bits per heavy atom. The number of nitrogens with two attached hydrogens (primary N) is 1. The van der Waals surface area contributed by atoms with Crippen LogP contribution in [-0.4, -0.2) is 43.1 Å². The average Bonchev–Trinajstić information content (AvgIpc) is 2.08. The molecule has 0 aromatic carbocycles. The number of aliphatic hydroxyl groups is 1. The van der Waals surface area contributed by atoms with Crippen molar-refractivity contribution >= 4 is 0 Å². The summed E-state index contributed by atoms with van der Waals surface area (Å²) in [5.74, 6) is 0. The molecule has 4 heteroatoms. The molecule has 1 atom stereocenters. The van der Waals surface area contributed by atoms with E-state index < -0.39 is 6.10 Å². The summed E-state index contributed by atoms with van der Waals surface area (Å²) < 4.78 is 5.43. The van der Waals surface area contributed by atoms with Crippen LogP contribution in [0.15, 0.2) is 0 Å². The number of rotatable bonds is 7.